The van der Waals surface area contributed by atoms with Gasteiger partial charge in [-0.3, -0.25) is 0 Å². The normalized spacial score (nSPS) is 19.6. The van der Waals surface area contributed by atoms with Crippen molar-refractivity contribution < 1.29 is 12.8 Å². The van der Waals surface area contributed by atoms with E-state index < -0.39 is 16.1 Å². The molecule has 1 atom stereocenters. The standard InChI is InChI=1S/C16H21FN4O2S/c1-11-8-13(9-12(2)15(11)17)24(22,23)21-7-4-18-10-14(21)16-19-5-6-20(16)3/h5-6,8-9,14,18H,4,7,10H2,1-3H3. The lowest BCUT2D eigenvalue weighted by Gasteiger charge is -2.34. The molecule has 1 unspecified atom stereocenters. The zero-order valence-corrected chi connectivity index (χ0v) is 14.8. The Morgan fingerprint density at radius 1 is 1.29 bits per heavy atom. The summed E-state index contributed by atoms with van der Waals surface area (Å²) in [7, 11) is -1.90. The number of hydrogen-bond acceptors (Lipinski definition) is 4. The molecular weight excluding hydrogens is 331 g/mol. The zero-order valence-electron chi connectivity index (χ0n) is 14.0. The minimum atomic E-state index is -3.74. The molecule has 6 nitrogen and oxygen atoms in total. The average molecular weight is 352 g/mol. The zero-order chi connectivity index (χ0) is 17.5. The average Bonchev–Trinajstić information content (AvgIpc) is 2.98. The van der Waals surface area contributed by atoms with Gasteiger partial charge in [-0.1, -0.05) is 0 Å². The van der Waals surface area contributed by atoms with Crippen molar-refractivity contribution in [1.29, 1.82) is 0 Å². The lowest BCUT2D eigenvalue weighted by molar-refractivity contribution is 0.258. The first-order valence-corrected chi connectivity index (χ1v) is 9.23. The molecule has 1 aliphatic rings. The Bertz CT molecular complexity index is 840. The molecule has 2 heterocycles. The second-order valence-corrected chi connectivity index (χ2v) is 7.99. The van der Waals surface area contributed by atoms with Gasteiger partial charge in [-0.25, -0.2) is 17.8 Å². The fraction of sp³-hybridized carbons (Fsp3) is 0.438. The summed E-state index contributed by atoms with van der Waals surface area (Å²) in [6, 6.07) is 2.40. The largest absolute Gasteiger partial charge is 0.337 e. The van der Waals surface area contributed by atoms with Crippen LogP contribution in [0.1, 0.15) is 23.0 Å². The van der Waals surface area contributed by atoms with Gasteiger partial charge in [-0.05, 0) is 37.1 Å². The maximum atomic E-state index is 13.9. The number of piperazine rings is 1. The smallest absolute Gasteiger partial charge is 0.243 e. The first-order valence-electron chi connectivity index (χ1n) is 7.79. The van der Waals surface area contributed by atoms with E-state index >= 15 is 0 Å². The van der Waals surface area contributed by atoms with Gasteiger partial charge in [-0.15, -0.1) is 0 Å². The van der Waals surface area contributed by atoms with Gasteiger partial charge in [-0.2, -0.15) is 4.31 Å². The van der Waals surface area contributed by atoms with E-state index in [1.165, 1.54) is 16.4 Å². The molecule has 130 valence electrons. The van der Waals surface area contributed by atoms with E-state index in [4.69, 9.17) is 0 Å². The van der Waals surface area contributed by atoms with Gasteiger partial charge in [0.05, 0.1) is 10.9 Å². The Morgan fingerprint density at radius 3 is 2.54 bits per heavy atom. The molecule has 0 radical (unpaired) electrons. The number of aryl methyl sites for hydroxylation is 3. The predicted molar refractivity (Wildman–Crippen MR) is 88.6 cm³/mol. The van der Waals surface area contributed by atoms with Crippen LogP contribution < -0.4 is 5.32 Å². The van der Waals surface area contributed by atoms with Crippen LogP contribution in [0.25, 0.3) is 0 Å². The summed E-state index contributed by atoms with van der Waals surface area (Å²) in [4.78, 5) is 4.43. The van der Waals surface area contributed by atoms with Gasteiger partial charge in [0, 0.05) is 39.1 Å². The Morgan fingerprint density at radius 2 is 1.96 bits per heavy atom. The third kappa shape index (κ3) is 2.85. The van der Waals surface area contributed by atoms with Crippen molar-refractivity contribution in [2.45, 2.75) is 24.8 Å². The Kier molecular flexibility index (Phi) is 4.46. The van der Waals surface area contributed by atoms with Crippen LogP contribution in [0.3, 0.4) is 0 Å². The number of nitrogens with zero attached hydrogens (tertiary/aromatic N) is 3. The van der Waals surface area contributed by atoms with Gasteiger partial charge >= 0.3 is 0 Å². The van der Waals surface area contributed by atoms with Gasteiger partial charge in [0.2, 0.25) is 10.0 Å². The van der Waals surface area contributed by atoms with Crippen molar-refractivity contribution in [2.75, 3.05) is 19.6 Å². The van der Waals surface area contributed by atoms with Crippen LogP contribution in [0.15, 0.2) is 29.4 Å². The summed E-state index contributed by atoms with van der Waals surface area (Å²) in [5.74, 6) is 0.316. The maximum Gasteiger partial charge on any atom is 0.243 e. The SMILES string of the molecule is Cc1cc(S(=O)(=O)N2CCNCC2c2nccn2C)cc(C)c1F. The Hall–Kier alpha value is -1.77. The molecule has 1 aromatic carbocycles. The molecule has 1 aromatic heterocycles. The van der Waals surface area contributed by atoms with E-state index in [-0.39, 0.29) is 10.7 Å². The number of aromatic nitrogens is 2. The highest BCUT2D eigenvalue weighted by atomic mass is 32.2. The fourth-order valence-electron chi connectivity index (χ4n) is 3.08. The quantitative estimate of drug-likeness (QED) is 0.909. The van der Waals surface area contributed by atoms with E-state index in [2.05, 4.69) is 10.3 Å². The molecule has 0 aliphatic carbocycles. The van der Waals surface area contributed by atoms with Crippen molar-refractivity contribution in [2.24, 2.45) is 7.05 Å². The summed E-state index contributed by atoms with van der Waals surface area (Å²) in [5, 5.41) is 3.22. The van der Waals surface area contributed by atoms with E-state index in [1.807, 2.05) is 11.6 Å². The second kappa shape index (κ2) is 6.27. The Labute approximate surface area is 141 Å². The van der Waals surface area contributed by atoms with Crippen LogP contribution >= 0.6 is 0 Å². The van der Waals surface area contributed by atoms with E-state index in [0.29, 0.717) is 36.6 Å². The minimum absolute atomic E-state index is 0.125. The molecule has 8 heteroatoms. The number of benzene rings is 1. The number of sulfonamides is 1. The van der Waals surface area contributed by atoms with Crippen molar-refractivity contribution in [3.05, 3.63) is 47.3 Å². The lowest BCUT2D eigenvalue weighted by Crippen LogP contribution is -2.49. The summed E-state index contributed by atoms with van der Waals surface area (Å²) in [6.45, 7) is 4.56. The summed E-state index contributed by atoms with van der Waals surface area (Å²) in [5.41, 5.74) is 0.662. The van der Waals surface area contributed by atoms with Crippen LogP contribution in [0.5, 0.6) is 0 Å². The highest BCUT2D eigenvalue weighted by Crippen LogP contribution is 2.29. The van der Waals surface area contributed by atoms with E-state index in [9.17, 15) is 12.8 Å². The fourth-order valence-corrected chi connectivity index (χ4v) is 4.84. The Balaban J connectivity index is 2.05. The second-order valence-electron chi connectivity index (χ2n) is 6.10. The predicted octanol–water partition coefficient (Wildman–Crippen LogP) is 1.51. The summed E-state index contributed by atoms with van der Waals surface area (Å²) in [6.07, 6.45) is 3.45. The van der Waals surface area contributed by atoms with Crippen LogP contribution in [-0.4, -0.2) is 41.9 Å². The summed E-state index contributed by atoms with van der Waals surface area (Å²) >= 11 is 0. The van der Waals surface area contributed by atoms with Crippen LogP contribution in [0.4, 0.5) is 4.39 Å². The van der Waals surface area contributed by atoms with Gasteiger partial charge < -0.3 is 9.88 Å². The molecule has 0 bridgehead atoms. The van der Waals surface area contributed by atoms with E-state index in [1.54, 1.807) is 26.2 Å². The molecule has 0 saturated carbocycles. The minimum Gasteiger partial charge on any atom is -0.337 e. The van der Waals surface area contributed by atoms with Crippen LogP contribution in [0.2, 0.25) is 0 Å². The number of nitrogens with one attached hydrogen (secondary N) is 1. The van der Waals surface area contributed by atoms with Gasteiger partial charge in [0.25, 0.3) is 0 Å². The molecule has 1 fully saturated rings. The van der Waals surface area contributed by atoms with Crippen molar-refractivity contribution >= 4 is 10.0 Å². The first-order chi connectivity index (χ1) is 11.3. The first kappa shape index (κ1) is 17.1. The van der Waals surface area contributed by atoms with Crippen molar-refractivity contribution in [3.8, 4) is 0 Å². The number of halogens is 1. The van der Waals surface area contributed by atoms with Crippen LogP contribution in [0, 0.1) is 19.7 Å². The number of rotatable bonds is 3. The third-order valence-electron chi connectivity index (χ3n) is 4.37. The van der Waals surface area contributed by atoms with Gasteiger partial charge in [0.1, 0.15) is 11.6 Å². The molecule has 0 amide bonds. The molecule has 1 N–H and O–H groups in total. The molecular formula is C16H21FN4O2S. The highest BCUT2D eigenvalue weighted by Gasteiger charge is 2.36. The van der Waals surface area contributed by atoms with Crippen LogP contribution in [-0.2, 0) is 17.1 Å². The van der Waals surface area contributed by atoms with Gasteiger partial charge in [0.15, 0.2) is 0 Å². The summed E-state index contributed by atoms with van der Waals surface area (Å²) < 4.78 is 43.5. The molecule has 1 aliphatic heterocycles. The molecule has 24 heavy (non-hydrogen) atoms. The topological polar surface area (TPSA) is 67.2 Å². The molecule has 0 spiro atoms. The molecule has 1 saturated heterocycles. The monoisotopic (exact) mass is 352 g/mol. The van der Waals surface area contributed by atoms with Crippen molar-refractivity contribution in [3.63, 3.8) is 0 Å². The number of imidazole rings is 1. The molecule has 3 rings (SSSR count). The van der Waals surface area contributed by atoms with E-state index in [0.717, 1.165) is 0 Å². The maximum absolute atomic E-state index is 13.9. The molecule has 2 aromatic rings. The lowest BCUT2D eigenvalue weighted by atomic mass is 10.1. The van der Waals surface area contributed by atoms with Crippen molar-refractivity contribution in [1.82, 2.24) is 19.2 Å². The third-order valence-corrected chi connectivity index (χ3v) is 6.25. The highest BCUT2D eigenvalue weighted by molar-refractivity contribution is 7.89. The number of hydrogen-bond donors (Lipinski definition) is 1.